The summed E-state index contributed by atoms with van der Waals surface area (Å²) in [5.74, 6) is 1.04. The molecule has 0 saturated heterocycles. The molecule has 0 saturated carbocycles. The number of aromatic nitrogens is 2. The Bertz CT molecular complexity index is 1070. The van der Waals surface area contributed by atoms with E-state index in [-0.39, 0.29) is 12.5 Å². The summed E-state index contributed by atoms with van der Waals surface area (Å²) in [6.45, 7) is 2.20. The predicted molar refractivity (Wildman–Crippen MR) is 102 cm³/mol. The topological polar surface area (TPSA) is 47.4 Å². The van der Waals surface area contributed by atoms with Crippen molar-refractivity contribution in [2.45, 2.75) is 26.2 Å². The summed E-state index contributed by atoms with van der Waals surface area (Å²) in [5, 5.41) is 0. The number of nitrogens with zero attached hydrogens (tertiary/aromatic N) is 3. The number of imidazole rings is 1. The molecule has 150 valence electrons. The number of ether oxygens (including phenoxy) is 1. The van der Waals surface area contributed by atoms with Crippen LogP contribution in [0.15, 0.2) is 48.5 Å². The maximum absolute atomic E-state index is 13.1. The molecule has 1 aromatic heterocycles. The van der Waals surface area contributed by atoms with Gasteiger partial charge in [-0.3, -0.25) is 9.69 Å². The summed E-state index contributed by atoms with van der Waals surface area (Å²) in [6.07, 6.45) is -4.43. The molecule has 1 amide bonds. The largest absolute Gasteiger partial charge is 0.497 e. The second-order valence-electron chi connectivity index (χ2n) is 6.84. The van der Waals surface area contributed by atoms with E-state index in [4.69, 9.17) is 4.74 Å². The number of benzene rings is 2. The van der Waals surface area contributed by atoms with Gasteiger partial charge in [0, 0.05) is 11.3 Å². The second-order valence-corrected chi connectivity index (χ2v) is 6.84. The van der Waals surface area contributed by atoms with Crippen LogP contribution in [0.5, 0.6) is 5.75 Å². The molecule has 2 heterocycles. The quantitative estimate of drug-likeness (QED) is 0.650. The highest BCUT2D eigenvalue weighted by Gasteiger charge is 2.34. The second kappa shape index (κ2) is 6.95. The van der Waals surface area contributed by atoms with Crippen LogP contribution in [0, 0.1) is 6.92 Å². The number of methoxy groups -OCH3 is 1. The fourth-order valence-electron chi connectivity index (χ4n) is 3.44. The van der Waals surface area contributed by atoms with Crippen LogP contribution in [-0.4, -0.2) is 22.6 Å². The van der Waals surface area contributed by atoms with E-state index in [1.54, 1.807) is 29.6 Å². The number of rotatable bonds is 4. The molecular formula is C21H18F3N3O2. The minimum atomic E-state index is -4.43. The standard InChI is InChI=1S/C21H18F3N3O2/c1-13-19(15-4-3-5-16(10-15)21(22,23)24)25-20-26(13)12-18(28)27(20)11-14-6-8-17(29-2)9-7-14/h3-10H,11-12H2,1-2H3. The fraction of sp³-hybridized carbons (Fsp3) is 0.238. The average Bonchev–Trinajstić information content (AvgIpc) is 3.18. The molecule has 0 aliphatic carbocycles. The lowest BCUT2D eigenvalue weighted by atomic mass is 10.1. The molecule has 0 N–H and O–H groups in total. The van der Waals surface area contributed by atoms with Crippen LogP contribution in [0.3, 0.4) is 0 Å². The highest BCUT2D eigenvalue weighted by atomic mass is 19.4. The van der Waals surface area contributed by atoms with Gasteiger partial charge in [0.25, 0.3) is 0 Å². The van der Waals surface area contributed by atoms with Gasteiger partial charge in [0.2, 0.25) is 11.9 Å². The summed E-state index contributed by atoms with van der Waals surface area (Å²) in [6, 6.07) is 12.4. The first-order chi connectivity index (χ1) is 13.8. The van der Waals surface area contributed by atoms with Crippen molar-refractivity contribution in [1.29, 1.82) is 0 Å². The van der Waals surface area contributed by atoms with E-state index in [2.05, 4.69) is 4.98 Å². The molecule has 0 radical (unpaired) electrons. The molecule has 4 rings (SSSR count). The number of halogens is 3. The van der Waals surface area contributed by atoms with Crippen LogP contribution in [0.2, 0.25) is 0 Å². The van der Waals surface area contributed by atoms with E-state index in [0.29, 0.717) is 35.2 Å². The van der Waals surface area contributed by atoms with Gasteiger partial charge in [-0.25, -0.2) is 4.98 Å². The summed E-state index contributed by atoms with van der Waals surface area (Å²) in [4.78, 5) is 18.6. The third kappa shape index (κ3) is 3.46. The number of amides is 1. The Morgan fingerprint density at radius 2 is 1.86 bits per heavy atom. The Morgan fingerprint density at radius 1 is 1.14 bits per heavy atom. The SMILES string of the molecule is COc1ccc(CN2C(=O)Cn3c2nc(-c2cccc(C(F)(F)F)c2)c3C)cc1. The molecule has 1 aliphatic heterocycles. The van der Waals surface area contributed by atoms with Crippen LogP contribution in [0.25, 0.3) is 11.3 Å². The van der Waals surface area contributed by atoms with E-state index in [0.717, 1.165) is 17.7 Å². The van der Waals surface area contributed by atoms with E-state index in [9.17, 15) is 18.0 Å². The van der Waals surface area contributed by atoms with Gasteiger partial charge in [0.05, 0.1) is 24.9 Å². The van der Waals surface area contributed by atoms with E-state index >= 15 is 0 Å². The van der Waals surface area contributed by atoms with Gasteiger partial charge in [-0.05, 0) is 36.8 Å². The molecule has 0 spiro atoms. The third-order valence-corrected chi connectivity index (χ3v) is 5.00. The molecule has 0 atom stereocenters. The van der Waals surface area contributed by atoms with Gasteiger partial charge in [0.1, 0.15) is 12.3 Å². The maximum atomic E-state index is 13.1. The highest BCUT2D eigenvalue weighted by Crippen LogP contribution is 2.35. The van der Waals surface area contributed by atoms with Crippen LogP contribution in [-0.2, 0) is 24.1 Å². The van der Waals surface area contributed by atoms with E-state index < -0.39 is 11.7 Å². The first-order valence-electron chi connectivity index (χ1n) is 8.96. The zero-order chi connectivity index (χ0) is 20.8. The number of carbonyl (C=O) groups excluding carboxylic acids is 1. The lowest BCUT2D eigenvalue weighted by molar-refractivity contribution is -0.137. The van der Waals surface area contributed by atoms with Gasteiger partial charge in [0.15, 0.2) is 0 Å². The zero-order valence-corrected chi connectivity index (χ0v) is 15.8. The lowest BCUT2D eigenvalue weighted by Crippen LogP contribution is -2.26. The van der Waals surface area contributed by atoms with Crippen molar-refractivity contribution in [3.8, 4) is 17.0 Å². The Kier molecular flexibility index (Phi) is 4.56. The first kappa shape index (κ1) is 19.0. The molecule has 5 nitrogen and oxygen atoms in total. The number of carbonyl (C=O) groups is 1. The van der Waals surface area contributed by atoms with Gasteiger partial charge in [-0.1, -0.05) is 24.3 Å². The first-order valence-corrected chi connectivity index (χ1v) is 8.96. The summed E-state index contributed by atoms with van der Waals surface area (Å²) in [7, 11) is 1.58. The molecule has 0 fully saturated rings. The maximum Gasteiger partial charge on any atom is 0.416 e. The van der Waals surface area contributed by atoms with Crippen LogP contribution < -0.4 is 9.64 Å². The molecule has 0 unspecified atom stereocenters. The summed E-state index contributed by atoms with van der Waals surface area (Å²) >= 11 is 0. The Hall–Kier alpha value is -3.29. The average molecular weight is 401 g/mol. The van der Waals surface area contributed by atoms with Gasteiger partial charge < -0.3 is 9.30 Å². The highest BCUT2D eigenvalue weighted by molar-refractivity contribution is 5.96. The number of fused-ring (bicyclic) bond motifs is 1. The van der Waals surface area contributed by atoms with Crippen molar-refractivity contribution in [2.24, 2.45) is 0 Å². The number of hydrogen-bond donors (Lipinski definition) is 0. The molecule has 29 heavy (non-hydrogen) atoms. The van der Waals surface area contributed by atoms with Gasteiger partial charge in [-0.2, -0.15) is 13.2 Å². The van der Waals surface area contributed by atoms with Crippen LogP contribution in [0.4, 0.5) is 19.1 Å². The van der Waals surface area contributed by atoms with Crippen molar-refractivity contribution in [3.05, 3.63) is 65.4 Å². The molecule has 2 aromatic carbocycles. The Labute approximate surface area is 165 Å². The van der Waals surface area contributed by atoms with Crippen molar-refractivity contribution in [3.63, 3.8) is 0 Å². The minimum absolute atomic E-state index is 0.109. The lowest BCUT2D eigenvalue weighted by Gasteiger charge is -2.14. The summed E-state index contributed by atoms with van der Waals surface area (Å²) < 4.78 is 46.1. The van der Waals surface area contributed by atoms with Crippen molar-refractivity contribution in [2.75, 3.05) is 12.0 Å². The van der Waals surface area contributed by atoms with E-state index in [1.807, 2.05) is 24.3 Å². The Morgan fingerprint density at radius 3 is 2.52 bits per heavy atom. The fourth-order valence-corrected chi connectivity index (χ4v) is 3.44. The van der Waals surface area contributed by atoms with E-state index in [1.165, 1.54) is 6.07 Å². The summed E-state index contributed by atoms with van der Waals surface area (Å²) in [5.41, 5.74) is 1.64. The van der Waals surface area contributed by atoms with Crippen molar-refractivity contribution < 1.29 is 22.7 Å². The van der Waals surface area contributed by atoms with Crippen LogP contribution in [0.1, 0.15) is 16.8 Å². The van der Waals surface area contributed by atoms with Crippen LogP contribution >= 0.6 is 0 Å². The normalized spacial score (nSPS) is 13.7. The Balaban J connectivity index is 1.68. The number of hydrogen-bond acceptors (Lipinski definition) is 3. The zero-order valence-electron chi connectivity index (χ0n) is 15.8. The molecular weight excluding hydrogens is 383 g/mol. The molecule has 0 bridgehead atoms. The monoisotopic (exact) mass is 401 g/mol. The van der Waals surface area contributed by atoms with Crippen molar-refractivity contribution in [1.82, 2.24) is 9.55 Å². The van der Waals surface area contributed by atoms with Gasteiger partial charge in [-0.15, -0.1) is 0 Å². The predicted octanol–water partition coefficient (Wildman–Crippen LogP) is 4.43. The van der Waals surface area contributed by atoms with Gasteiger partial charge >= 0.3 is 6.18 Å². The number of alkyl halides is 3. The van der Waals surface area contributed by atoms with Crippen molar-refractivity contribution >= 4 is 11.9 Å². The molecule has 1 aliphatic rings. The third-order valence-electron chi connectivity index (χ3n) is 5.00. The smallest absolute Gasteiger partial charge is 0.416 e. The number of anilines is 1. The minimum Gasteiger partial charge on any atom is -0.497 e. The molecule has 8 heteroatoms. The molecule has 3 aromatic rings.